The molecule has 112 valence electrons. The van der Waals surface area contributed by atoms with Gasteiger partial charge in [-0.05, 0) is 13.3 Å². The Kier molecular flexibility index (Phi) is 3.50. The van der Waals surface area contributed by atoms with E-state index in [-0.39, 0.29) is 5.56 Å². The topological polar surface area (TPSA) is 89.3 Å². The largest absolute Gasteiger partial charge is 0.478 e. The second-order valence-electron chi connectivity index (χ2n) is 5.37. The van der Waals surface area contributed by atoms with Crippen molar-refractivity contribution in [3.05, 3.63) is 17.5 Å². The molecule has 0 aromatic carbocycles. The molecule has 0 amide bonds. The summed E-state index contributed by atoms with van der Waals surface area (Å²) >= 11 is 0. The number of aromatic carboxylic acids is 1. The smallest absolute Gasteiger partial charge is 0.339 e. The Morgan fingerprint density at radius 1 is 1.62 bits per heavy atom. The number of aromatic nitrogens is 3. The van der Waals surface area contributed by atoms with Gasteiger partial charge in [-0.2, -0.15) is 5.10 Å². The van der Waals surface area contributed by atoms with Crippen LogP contribution >= 0.6 is 0 Å². The lowest BCUT2D eigenvalue weighted by Gasteiger charge is -2.14. The average Bonchev–Trinajstić information content (AvgIpc) is 3.05. The molecule has 21 heavy (non-hydrogen) atoms. The molecule has 1 aliphatic heterocycles. The monoisotopic (exact) mass is 290 g/mol. The van der Waals surface area contributed by atoms with Gasteiger partial charge in [-0.15, -0.1) is 0 Å². The summed E-state index contributed by atoms with van der Waals surface area (Å²) in [6, 6.07) is 0. The van der Waals surface area contributed by atoms with Crippen molar-refractivity contribution in [2.75, 3.05) is 25.1 Å². The third-order valence-corrected chi connectivity index (χ3v) is 3.85. The maximum Gasteiger partial charge on any atom is 0.339 e. The lowest BCUT2D eigenvalue weighted by Crippen LogP contribution is -2.16. The number of anilines is 1. The first kappa shape index (κ1) is 13.8. The number of pyridine rings is 1. The van der Waals surface area contributed by atoms with E-state index in [0.717, 1.165) is 30.7 Å². The number of aryl methyl sites for hydroxylation is 2. The molecule has 3 heterocycles. The van der Waals surface area contributed by atoms with Crippen LogP contribution in [0.15, 0.2) is 6.20 Å². The minimum absolute atomic E-state index is 0.178. The molecule has 0 aliphatic carbocycles. The van der Waals surface area contributed by atoms with Crippen LogP contribution in [0.3, 0.4) is 0 Å². The zero-order chi connectivity index (χ0) is 15.0. The Bertz CT molecular complexity index is 689. The molecule has 7 heteroatoms. The molecule has 0 bridgehead atoms. The number of carboxylic acid groups (broad SMARTS) is 1. The zero-order valence-electron chi connectivity index (χ0n) is 12.1. The molecule has 1 aliphatic rings. The number of rotatable bonds is 4. The van der Waals surface area contributed by atoms with Crippen molar-refractivity contribution in [3.63, 3.8) is 0 Å². The van der Waals surface area contributed by atoms with Crippen LogP contribution in [-0.4, -0.2) is 45.6 Å². The van der Waals surface area contributed by atoms with E-state index < -0.39 is 5.97 Å². The van der Waals surface area contributed by atoms with Gasteiger partial charge in [-0.3, -0.25) is 4.68 Å². The maximum absolute atomic E-state index is 11.4. The average molecular weight is 290 g/mol. The van der Waals surface area contributed by atoms with Gasteiger partial charge < -0.3 is 15.2 Å². The highest BCUT2D eigenvalue weighted by Gasteiger charge is 2.21. The van der Waals surface area contributed by atoms with Crippen molar-refractivity contribution in [2.24, 2.45) is 13.0 Å². The van der Waals surface area contributed by atoms with Gasteiger partial charge in [0, 0.05) is 32.3 Å². The highest BCUT2D eigenvalue weighted by atomic mass is 16.5. The summed E-state index contributed by atoms with van der Waals surface area (Å²) in [6.07, 6.45) is 2.38. The summed E-state index contributed by atoms with van der Waals surface area (Å²) in [5.74, 6) is -0.579. The van der Waals surface area contributed by atoms with E-state index >= 15 is 0 Å². The Labute approximate surface area is 121 Å². The molecule has 1 atom stereocenters. The summed E-state index contributed by atoms with van der Waals surface area (Å²) in [5, 5.41) is 17.8. The highest BCUT2D eigenvalue weighted by molar-refractivity contribution is 6.04. The van der Waals surface area contributed by atoms with E-state index in [1.807, 2.05) is 6.92 Å². The molecule has 1 fully saturated rings. The predicted octanol–water partition coefficient (Wildman–Crippen LogP) is 1.42. The van der Waals surface area contributed by atoms with Crippen molar-refractivity contribution in [2.45, 2.75) is 13.3 Å². The van der Waals surface area contributed by atoms with Crippen LogP contribution in [0.2, 0.25) is 0 Å². The molecule has 1 saturated heterocycles. The summed E-state index contributed by atoms with van der Waals surface area (Å²) in [6.45, 7) is 4.04. The van der Waals surface area contributed by atoms with Crippen molar-refractivity contribution < 1.29 is 14.6 Å². The van der Waals surface area contributed by atoms with Crippen LogP contribution in [0.4, 0.5) is 5.69 Å². The van der Waals surface area contributed by atoms with E-state index in [1.54, 1.807) is 11.7 Å². The quantitative estimate of drug-likeness (QED) is 0.885. The van der Waals surface area contributed by atoms with E-state index in [4.69, 9.17) is 4.74 Å². The third-order valence-electron chi connectivity index (χ3n) is 3.85. The number of carbonyl (C=O) groups is 1. The third kappa shape index (κ3) is 2.44. The van der Waals surface area contributed by atoms with Gasteiger partial charge in [0.15, 0.2) is 5.65 Å². The fourth-order valence-corrected chi connectivity index (χ4v) is 2.75. The van der Waals surface area contributed by atoms with E-state index in [2.05, 4.69) is 15.4 Å². The maximum atomic E-state index is 11.4. The Morgan fingerprint density at radius 2 is 2.43 bits per heavy atom. The predicted molar refractivity (Wildman–Crippen MR) is 77.6 cm³/mol. The zero-order valence-corrected chi connectivity index (χ0v) is 12.1. The minimum Gasteiger partial charge on any atom is -0.478 e. The fourth-order valence-electron chi connectivity index (χ4n) is 2.75. The van der Waals surface area contributed by atoms with Gasteiger partial charge in [0.25, 0.3) is 0 Å². The summed E-state index contributed by atoms with van der Waals surface area (Å²) in [5.41, 5.74) is 2.23. The summed E-state index contributed by atoms with van der Waals surface area (Å²) in [7, 11) is 1.80. The Balaban J connectivity index is 2.03. The van der Waals surface area contributed by atoms with Crippen LogP contribution < -0.4 is 5.32 Å². The van der Waals surface area contributed by atoms with Crippen LogP contribution in [0.5, 0.6) is 0 Å². The first-order valence-electron chi connectivity index (χ1n) is 6.95. The normalized spacial score (nSPS) is 18.3. The first-order chi connectivity index (χ1) is 10.1. The summed E-state index contributed by atoms with van der Waals surface area (Å²) < 4.78 is 7.02. The fraction of sp³-hybridized carbons (Fsp3) is 0.500. The molecule has 0 radical (unpaired) electrons. The number of nitrogens with zero attached hydrogens (tertiary/aromatic N) is 3. The Hall–Kier alpha value is -2.15. The standard InChI is InChI=1S/C14H18N4O3/c1-8-11-12(15-5-9-3-4-21-7-9)10(14(19)20)6-16-13(11)18(2)17-8/h6,9H,3-5,7H2,1-2H3,(H,15,16)(H,19,20). The van der Waals surface area contributed by atoms with E-state index in [9.17, 15) is 9.90 Å². The second-order valence-corrected chi connectivity index (χ2v) is 5.37. The van der Waals surface area contributed by atoms with Gasteiger partial charge in [0.2, 0.25) is 0 Å². The highest BCUT2D eigenvalue weighted by Crippen LogP contribution is 2.29. The SMILES string of the molecule is Cc1nn(C)c2ncc(C(=O)O)c(NCC3CCOC3)c12. The van der Waals surface area contributed by atoms with E-state index in [1.165, 1.54) is 6.20 Å². The lowest BCUT2D eigenvalue weighted by atomic mass is 10.1. The van der Waals surface area contributed by atoms with Crippen molar-refractivity contribution in [3.8, 4) is 0 Å². The molecule has 7 nitrogen and oxygen atoms in total. The molecule has 1 unspecified atom stereocenters. The molecule has 2 aromatic rings. The molecular weight excluding hydrogens is 272 g/mol. The van der Waals surface area contributed by atoms with Crippen LogP contribution in [-0.2, 0) is 11.8 Å². The molecule has 0 saturated carbocycles. The molecule has 2 aromatic heterocycles. The van der Waals surface area contributed by atoms with Crippen molar-refractivity contribution >= 4 is 22.7 Å². The Morgan fingerprint density at radius 3 is 3.10 bits per heavy atom. The van der Waals surface area contributed by atoms with Gasteiger partial charge >= 0.3 is 5.97 Å². The number of ether oxygens (including phenoxy) is 1. The second kappa shape index (κ2) is 5.33. The van der Waals surface area contributed by atoms with Gasteiger partial charge in [0.1, 0.15) is 5.56 Å². The van der Waals surface area contributed by atoms with Crippen LogP contribution in [0.1, 0.15) is 22.5 Å². The van der Waals surface area contributed by atoms with Crippen molar-refractivity contribution in [1.29, 1.82) is 0 Å². The first-order valence-corrected chi connectivity index (χ1v) is 6.95. The number of hydrogen-bond acceptors (Lipinski definition) is 5. The van der Waals surface area contributed by atoms with Gasteiger partial charge in [-0.25, -0.2) is 9.78 Å². The number of nitrogens with one attached hydrogen (secondary N) is 1. The number of hydrogen-bond donors (Lipinski definition) is 2. The molecule has 3 rings (SSSR count). The van der Waals surface area contributed by atoms with E-state index in [0.29, 0.717) is 23.8 Å². The molecule has 0 spiro atoms. The number of fused-ring (bicyclic) bond motifs is 1. The minimum atomic E-state index is -0.988. The van der Waals surface area contributed by atoms with Crippen molar-refractivity contribution in [1.82, 2.24) is 14.8 Å². The van der Waals surface area contributed by atoms with Crippen LogP contribution in [0.25, 0.3) is 11.0 Å². The van der Waals surface area contributed by atoms with Gasteiger partial charge in [0.05, 0.1) is 23.4 Å². The molecular formula is C14H18N4O3. The lowest BCUT2D eigenvalue weighted by molar-refractivity contribution is 0.0697. The summed E-state index contributed by atoms with van der Waals surface area (Å²) in [4.78, 5) is 15.7. The molecule has 2 N–H and O–H groups in total. The number of carboxylic acids is 1. The van der Waals surface area contributed by atoms with Crippen LogP contribution in [0, 0.1) is 12.8 Å². The van der Waals surface area contributed by atoms with Gasteiger partial charge in [-0.1, -0.05) is 0 Å².